The molecule has 1 aromatic heterocycles. The molecule has 198 valence electrons. The molecule has 1 N–H and O–H groups in total. The summed E-state index contributed by atoms with van der Waals surface area (Å²) in [6, 6.07) is 30.7. The zero-order valence-electron chi connectivity index (χ0n) is 22.3. The molecule has 3 aliphatic heterocycles. The molecule has 0 radical (unpaired) electrons. The molecule has 5 heteroatoms. The molecule has 4 heterocycles. The highest BCUT2D eigenvalue weighted by Crippen LogP contribution is 2.48. The number of rotatable bonds is 9. The van der Waals surface area contributed by atoms with Crippen LogP contribution in [0.2, 0.25) is 0 Å². The predicted molar refractivity (Wildman–Crippen MR) is 156 cm³/mol. The highest BCUT2D eigenvalue weighted by Gasteiger charge is 2.55. The van der Waals surface area contributed by atoms with Gasteiger partial charge in [0.1, 0.15) is 12.1 Å². The van der Waals surface area contributed by atoms with Crippen LogP contribution in [0.5, 0.6) is 0 Å². The van der Waals surface area contributed by atoms with Gasteiger partial charge in [0, 0.05) is 36.0 Å². The number of hydrogen-bond donors (Lipinski definition) is 1. The SMILES string of the molecule is C=C[C@H]1C[N@+]2(CC(=O)Nc3ccccc3)CC[C@H]1C[C@@H]2[C@@H](OCc1ccccc1)c1ccnc2ccccc12. The Balaban J connectivity index is 1.38. The monoisotopic (exact) mass is 518 g/mol. The summed E-state index contributed by atoms with van der Waals surface area (Å²) in [7, 11) is 0. The van der Waals surface area contributed by atoms with Crippen molar-refractivity contribution in [3.8, 4) is 0 Å². The number of aromatic nitrogens is 1. The van der Waals surface area contributed by atoms with Crippen LogP contribution in [-0.4, -0.2) is 41.1 Å². The smallest absolute Gasteiger partial charge is 0.279 e. The number of carbonyl (C=O) groups excluding carboxylic acids is 1. The summed E-state index contributed by atoms with van der Waals surface area (Å²) < 4.78 is 7.62. The molecule has 2 bridgehead atoms. The predicted octanol–water partition coefficient (Wildman–Crippen LogP) is 6.54. The van der Waals surface area contributed by atoms with E-state index in [1.54, 1.807) is 0 Å². The minimum atomic E-state index is -0.170. The minimum absolute atomic E-state index is 0.0516. The lowest BCUT2D eigenvalue weighted by Crippen LogP contribution is -2.70. The van der Waals surface area contributed by atoms with Gasteiger partial charge in [0.05, 0.1) is 25.2 Å². The summed E-state index contributed by atoms with van der Waals surface area (Å²) in [6.45, 7) is 7.00. The summed E-state index contributed by atoms with van der Waals surface area (Å²) in [5.74, 6) is 1.01. The number of piperidine rings is 3. The van der Waals surface area contributed by atoms with E-state index in [0.717, 1.165) is 53.6 Å². The van der Waals surface area contributed by atoms with Gasteiger partial charge in [-0.2, -0.15) is 0 Å². The summed E-state index contributed by atoms with van der Waals surface area (Å²) in [4.78, 5) is 18.2. The number of fused-ring (bicyclic) bond motifs is 4. The number of nitrogens with zero attached hydrogens (tertiary/aromatic N) is 2. The van der Waals surface area contributed by atoms with Crippen molar-refractivity contribution in [1.82, 2.24) is 4.98 Å². The molecule has 0 spiro atoms. The lowest BCUT2D eigenvalue weighted by Gasteiger charge is -2.58. The van der Waals surface area contributed by atoms with Crippen molar-refractivity contribution in [2.45, 2.75) is 31.6 Å². The lowest BCUT2D eigenvalue weighted by atomic mass is 9.71. The molecule has 3 saturated heterocycles. The zero-order valence-corrected chi connectivity index (χ0v) is 22.3. The Hall–Kier alpha value is -3.80. The van der Waals surface area contributed by atoms with E-state index in [1.165, 1.54) is 0 Å². The molecule has 3 aromatic carbocycles. The van der Waals surface area contributed by atoms with Crippen LogP contribution in [0.25, 0.3) is 10.9 Å². The van der Waals surface area contributed by atoms with Crippen LogP contribution in [0.1, 0.15) is 30.1 Å². The molecule has 0 unspecified atom stereocenters. The first-order valence-electron chi connectivity index (χ1n) is 14.0. The number of para-hydroxylation sites is 2. The molecule has 5 atom stereocenters. The molecule has 7 rings (SSSR count). The van der Waals surface area contributed by atoms with Gasteiger partial charge in [-0.15, -0.1) is 6.58 Å². The lowest BCUT2D eigenvalue weighted by molar-refractivity contribution is -0.966. The Labute approximate surface area is 230 Å². The summed E-state index contributed by atoms with van der Waals surface area (Å²) >= 11 is 0. The largest absolute Gasteiger partial charge is 0.363 e. The van der Waals surface area contributed by atoms with E-state index < -0.39 is 0 Å². The molecule has 5 nitrogen and oxygen atoms in total. The summed E-state index contributed by atoms with van der Waals surface area (Å²) in [5.41, 5.74) is 4.11. The number of anilines is 1. The third kappa shape index (κ3) is 5.25. The van der Waals surface area contributed by atoms with Crippen molar-refractivity contribution in [3.63, 3.8) is 0 Å². The second kappa shape index (κ2) is 11.1. The highest BCUT2D eigenvalue weighted by atomic mass is 16.5. The first-order valence-corrected chi connectivity index (χ1v) is 14.0. The fraction of sp³-hybridized carbons (Fsp3) is 0.294. The van der Waals surface area contributed by atoms with Crippen molar-refractivity contribution < 1.29 is 14.0 Å². The normalized spacial score (nSPS) is 24.8. The summed E-state index contributed by atoms with van der Waals surface area (Å²) in [5, 5.41) is 4.27. The van der Waals surface area contributed by atoms with E-state index in [-0.39, 0.29) is 18.1 Å². The van der Waals surface area contributed by atoms with Crippen molar-refractivity contribution >= 4 is 22.5 Å². The number of ether oxygens (including phenoxy) is 1. The van der Waals surface area contributed by atoms with E-state index in [1.807, 2.05) is 48.7 Å². The van der Waals surface area contributed by atoms with E-state index in [2.05, 4.69) is 71.5 Å². The molecular formula is C34H36N3O2+. The van der Waals surface area contributed by atoms with E-state index in [4.69, 9.17) is 4.74 Å². The van der Waals surface area contributed by atoms with Gasteiger partial charge in [-0.1, -0.05) is 72.8 Å². The molecular weight excluding hydrogens is 482 g/mol. The quantitative estimate of drug-likeness (QED) is 0.202. The fourth-order valence-electron chi connectivity index (χ4n) is 6.91. The van der Waals surface area contributed by atoms with Crippen LogP contribution in [0.15, 0.2) is 110 Å². The Morgan fingerprint density at radius 1 is 1.03 bits per heavy atom. The van der Waals surface area contributed by atoms with Gasteiger partial charge in [0.2, 0.25) is 0 Å². The standard InChI is InChI=1S/C34H35N3O2/c1-2-26-22-37(23-33(38)36-28-13-7-4-8-14-28)20-18-27(26)21-32(37)34(39-24-25-11-5-3-6-12-25)30-17-19-35-31-16-10-9-15-29(30)31/h2-17,19,26-27,32,34H,1,18,20-24H2/p+1/t26-,27-,32+,34-,37-/m0/s1. The van der Waals surface area contributed by atoms with Crippen LogP contribution in [0, 0.1) is 11.8 Å². The minimum Gasteiger partial charge on any atom is -0.363 e. The number of carbonyl (C=O) groups is 1. The molecule has 0 saturated carbocycles. The van der Waals surface area contributed by atoms with Crippen LogP contribution >= 0.6 is 0 Å². The third-order valence-corrected chi connectivity index (χ3v) is 8.80. The van der Waals surface area contributed by atoms with Gasteiger partial charge < -0.3 is 14.5 Å². The van der Waals surface area contributed by atoms with E-state index in [9.17, 15) is 4.79 Å². The van der Waals surface area contributed by atoms with Gasteiger partial charge >= 0.3 is 0 Å². The van der Waals surface area contributed by atoms with Crippen molar-refractivity contribution in [2.24, 2.45) is 11.8 Å². The average Bonchev–Trinajstić information content (AvgIpc) is 2.98. The molecule has 1 amide bonds. The number of nitrogens with one attached hydrogen (secondary N) is 1. The second-order valence-corrected chi connectivity index (χ2v) is 11.1. The number of pyridine rings is 1. The molecule has 3 aliphatic rings. The topological polar surface area (TPSA) is 51.2 Å². The fourth-order valence-corrected chi connectivity index (χ4v) is 6.91. The molecule has 0 aliphatic carbocycles. The van der Waals surface area contributed by atoms with Crippen LogP contribution in [0.4, 0.5) is 5.69 Å². The van der Waals surface area contributed by atoms with Gasteiger partial charge in [0.15, 0.2) is 6.54 Å². The van der Waals surface area contributed by atoms with Crippen molar-refractivity contribution in [1.29, 1.82) is 0 Å². The number of benzene rings is 3. The third-order valence-electron chi connectivity index (χ3n) is 8.80. The Morgan fingerprint density at radius 2 is 1.77 bits per heavy atom. The van der Waals surface area contributed by atoms with Crippen LogP contribution in [0.3, 0.4) is 0 Å². The number of amides is 1. The van der Waals surface area contributed by atoms with E-state index in [0.29, 0.717) is 29.5 Å². The maximum absolute atomic E-state index is 13.6. The first kappa shape index (κ1) is 25.5. The van der Waals surface area contributed by atoms with Crippen molar-refractivity contribution in [3.05, 3.63) is 121 Å². The van der Waals surface area contributed by atoms with Gasteiger partial charge in [0.25, 0.3) is 5.91 Å². The van der Waals surface area contributed by atoms with E-state index >= 15 is 0 Å². The Kier molecular flexibility index (Phi) is 7.27. The van der Waals surface area contributed by atoms with Crippen LogP contribution < -0.4 is 5.32 Å². The number of quaternary nitrogens is 1. The molecule has 3 fully saturated rings. The van der Waals surface area contributed by atoms with Gasteiger partial charge in [-0.25, -0.2) is 0 Å². The van der Waals surface area contributed by atoms with Gasteiger partial charge in [-0.3, -0.25) is 9.78 Å². The zero-order chi connectivity index (χ0) is 26.7. The van der Waals surface area contributed by atoms with Gasteiger partial charge in [-0.05, 0) is 41.3 Å². The Morgan fingerprint density at radius 3 is 2.56 bits per heavy atom. The maximum Gasteiger partial charge on any atom is 0.279 e. The second-order valence-electron chi connectivity index (χ2n) is 11.1. The first-order chi connectivity index (χ1) is 19.1. The maximum atomic E-state index is 13.6. The van der Waals surface area contributed by atoms with Crippen molar-refractivity contribution in [2.75, 3.05) is 25.0 Å². The highest BCUT2D eigenvalue weighted by molar-refractivity contribution is 5.91. The summed E-state index contributed by atoms with van der Waals surface area (Å²) in [6.07, 6.45) is 5.95. The molecule has 4 aromatic rings. The molecule has 39 heavy (non-hydrogen) atoms. The average molecular weight is 519 g/mol. The number of hydrogen-bond acceptors (Lipinski definition) is 3. The Bertz CT molecular complexity index is 1440. The van der Waals surface area contributed by atoms with Crippen LogP contribution in [-0.2, 0) is 16.1 Å².